The molecule has 1 unspecified atom stereocenters. The van der Waals surface area contributed by atoms with Crippen LogP contribution in [0.3, 0.4) is 0 Å². The van der Waals surface area contributed by atoms with Gasteiger partial charge in [-0.1, -0.05) is 34.1 Å². The van der Waals surface area contributed by atoms with Gasteiger partial charge in [-0.25, -0.2) is 0 Å². The second-order valence-electron chi connectivity index (χ2n) is 4.04. The summed E-state index contributed by atoms with van der Waals surface area (Å²) in [5, 5.41) is 12.5. The minimum absolute atomic E-state index is 0.654. The number of benzene rings is 1. The molecule has 1 nitrogen and oxygen atoms in total. The molecule has 1 aromatic carbocycles. The van der Waals surface area contributed by atoms with Crippen LogP contribution in [0.1, 0.15) is 17.4 Å². The Morgan fingerprint density at radius 1 is 1.31 bits per heavy atom. The molecule has 1 atom stereocenters. The van der Waals surface area contributed by atoms with Gasteiger partial charge in [0.1, 0.15) is 0 Å². The first-order valence-electron chi connectivity index (χ1n) is 5.09. The third kappa shape index (κ3) is 2.73. The third-order valence-corrected chi connectivity index (χ3v) is 3.91. The molecule has 84 valence electrons. The molecule has 1 N–H and O–H groups in total. The van der Waals surface area contributed by atoms with Crippen LogP contribution in [0, 0.1) is 0 Å². The second-order valence-corrected chi connectivity index (χ2v) is 5.99. The molecule has 0 spiro atoms. The Bertz CT molecular complexity index is 463. The number of hydrogen-bond donors (Lipinski definition) is 1. The van der Waals surface area contributed by atoms with Crippen molar-refractivity contribution < 1.29 is 5.11 Å². The van der Waals surface area contributed by atoms with Crippen molar-refractivity contribution in [1.29, 1.82) is 0 Å². The predicted octanol–water partition coefficient (Wildman–Crippen LogP) is 3.96. The fourth-order valence-electron chi connectivity index (χ4n) is 1.68. The maximum absolute atomic E-state index is 10.5. The average Bonchev–Trinajstić information content (AvgIpc) is 2.70. The highest BCUT2D eigenvalue weighted by molar-refractivity contribution is 9.10. The van der Waals surface area contributed by atoms with Crippen molar-refractivity contribution >= 4 is 27.3 Å². The van der Waals surface area contributed by atoms with Crippen LogP contribution in [0.25, 0.3) is 0 Å². The Hall–Kier alpha value is -0.640. The van der Waals surface area contributed by atoms with Gasteiger partial charge >= 0.3 is 0 Å². The lowest BCUT2D eigenvalue weighted by Crippen LogP contribution is -2.23. The van der Waals surface area contributed by atoms with Gasteiger partial charge in [0, 0.05) is 15.8 Å². The number of rotatable bonds is 3. The zero-order valence-electron chi connectivity index (χ0n) is 8.98. The molecule has 3 heteroatoms. The molecule has 0 saturated carbocycles. The lowest BCUT2D eigenvalue weighted by molar-refractivity contribution is 0.0584. The Kier molecular flexibility index (Phi) is 3.47. The smallest absolute Gasteiger partial charge is 0.0916 e. The van der Waals surface area contributed by atoms with Gasteiger partial charge in [0.05, 0.1) is 5.60 Å². The topological polar surface area (TPSA) is 20.2 Å². The molecule has 0 aliphatic heterocycles. The first-order valence-corrected chi connectivity index (χ1v) is 6.76. The summed E-state index contributed by atoms with van der Waals surface area (Å²) in [6.07, 6.45) is 0.654. The molecular weight excluding hydrogens is 284 g/mol. The molecule has 0 aliphatic carbocycles. The third-order valence-electron chi connectivity index (χ3n) is 2.55. The first-order chi connectivity index (χ1) is 7.58. The molecule has 0 fully saturated rings. The van der Waals surface area contributed by atoms with E-state index in [1.807, 2.05) is 42.6 Å². The van der Waals surface area contributed by atoms with E-state index in [1.165, 1.54) is 4.88 Å². The highest BCUT2D eigenvalue weighted by atomic mass is 79.9. The zero-order chi connectivity index (χ0) is 11.6. The quantitative estimate of drug-likeness (QED) is 0.909. The molecule has 16 heavy (non-hydrogen) atoms. The molecule has 1 heterocycles. The van der Waals surface area contributed by atoms with Gasteiger partial charge in [0.2, 0.25) is 0 Å². The molecule has 0 radical (unpaired) electrons. The van der Waals surface area contributed by atoms with E-state index >= 15 is 0 Å². The maximum Gasteiger partial charge on any atom is 0.0916 e. The predicted molar refractivity (Wildman–Crippen MR) is 71.7 cm³/mol. The molecule has 0 saturated heterocycles. The van der Waals surface area contributed by atoms with Gasteiger partial charge in [-0.15, -0.1) is 11.3 Å². The van der Waals surface area contributed by atoms with Crippen LogP contribution in [0.2, 0.25) is 0 Å². The minimum Gasteiger partial charge on any atom is -0.385 e. The number of halogens is 1. The van der Waals surface area contributed by atoms with Crippen LogP contribution >= 0.6 is 27.3 Å². The monoisotopic (exact) mass is 296 g/mol. The lowest BCUT2D eigenvalue weighted by atomic mass is 9.92. The summed E-state index contributed by atoms with van der Waals surface area (Å²) in [6.45, 7) is 1.86. The summed E-state index contributed by atoms with van der Waals surface area (Å²) < 4.78 is 0.997. The SMILES string of the molecule is CC(O)(Cc1cccs1)c1cccc(Br)c1. The molecular formula is C13H13BrOS. The summed E-state index contributed by atoms with van der Waals surface area (Å²) in [6, 6.07) is 11.9. The summed E-state index contributed by atoms with van der Waals surface area (Å²) in [5.74, 6) is 0. The van der Waals surface area contributed by atoms with E-state index in [-0.39, 0.29) is 0 Å². The Morgan fingerprint density at radius 3 is 2.75 bits per heavy atom. The van der Waals surface area contributed by atoms with E-state index in [9.17, 15) is 5.11 Å². The highest BCUT2D eigenvalue weighted by Crippen LogP contribution is 2.28. The van der Waals surface area contributed by atoms with Crippen LogP contribution in [-0.4, -0.2) is 5.11 Å². The summed E-state index contributed by atoms with van der Waals surface area (Å²) in [4.78, 5) is 1.20. The van der Waals surface area contributed by atoms with Gasteiger partial charge < -0.3 is 5.11 Å². The van der Waals surface area contributed by atoms with Gasteiger partial charge in [-0.2, -0.15) is 0 Å². The highest BCUT2D eigenvalue weighted by Gasteiger charge is 2.23. The normalized spacial score (nSPS) is 14.7. The largest absolute Gasteiger partial charge is 0.385 e. The van der Waals surface area contributed by atoms with E-state index < -0.39 is 5.60 Å². The van der Waals surface area contributed by atoms with Gasteiger partial charge in [-0.3, -0.25) is 0 Å². The van der Waals surface area contributed by atoms with Crippen molar-refractivity contribution in [3.05, 3.63) is 56.7 Å². The van der Waals surface area contributed by atoms with Gasteiger partial charge in [-0.05, 0) is 36.1 Å². The van der Waals surface area contributed by atoms with E-state index in [4.69, 9.17) is 0 Å². The van der Waals surface area contributed by atoms with Crippen molar-refractivity contribution in [3.63, 3.8) is 0 Å². The first kappa shape index (κ1) is 11.8. The Balaban J connectivity index is 2.24. The Morgan fingerprint density at radius 2 is 2.12 bits per heavy atom. The second kappa shape index (κ2) is 4.70. The standard InChI is InChI=1S/C13H13BrOS/c1-13(15,9-12-6-3-7-16-12)10-4-2-5-11(14)8-10/h2-8,15H,9H2,1H3. The number of thiophene rings is 1. The van der Waals surface area contributed by atoms with E-state index in [0.717, 1.165) is 10.0 Å². The Labute approximate surface area is 108 Å². The van der Waals surface area contributed by atoms with Crippen molar-refractivity contribution in [2.75, 3.05) is 0 Å². The van der Waals surface area contributed by atoms with Crippen LogP contribution in [0.15, 0.2) is 46.3 Å². The average molecular weight is 297 g/mol. The molecule has 2 rings (SSSR count). The van der Waals surface area contributed by atoms with Gasteiger partial charge in [0.25, 0.3) is 0 Å². The molecule has 1 aromatic heterocycles. The van der Waals surface area contributed by atoms with Crippen molar-refractivity contribution in [1.82, 2.24) is 0 Å². The van der Waals surface area contributed by atoms with Crippen molar-refractivity contribution in [3.8, 4) is 0 Å². The number of hydrogen-bond acceptors (Lipinski definition) is 2. The fraction of sp³-hybridized carbons (Fsp3) is 0.231. The fourth-order valence-corrected chi connectivity index (χ4v) is 2.93. The van der Waals surface area contributed by atoms with Gasteiger partial charge in [0.15, 0.2) is 0 Å². The maximum atomic E-state index is 10.5. The van der Waals surface area contributed by atoms with Crippen LogP contribution in [-0.2, 0) is 12.0 Å². The van der Waals surface area contributed by atoms with E-state index in [2.05, 4.69) is 22.0 Å². The molecule has 2 aromatic rings. The molecule has 0 amide bonds. The number of aliphatic hydroxyl groups is 1. The van der Waals surface area contributed by atoms with Crippen LogP contribution in [0.5, 0.6) is 0 Å². The van der Waals surface area contributed by atoms with Crippen molar-refractivity contribution in [2.24, 2.45) is 0 Å². The van der Waals surface area contributed by atoms with E-state index in [0.29, 0.717) is 6.42 Å². The molecule has 0 aliphatic rings. The molecule has 0 bridgehead atoms. The summed E-state index contributed by atoms with van der Waals surface area (Å²) in [7, 11) is 0. The van der Waals surface area contributed by atoms with Crippen LogP contribution < -0.4 is 0 Å². The van der Waals surface area contributed by atoms with Crippen LogP contribution in [0.4, 0.5) is 0 Å². The summed E-state index contributed by atoms with van der Waals surface area (Å²) >= 11 is 5.10. The van der Waals surface area contributed by atoms with Crippen molar-refractivity contribution in [2.45, 2.75) is 18.9 Å². The minimum atomic E-state index is -0.811. The van der Waals surface area contributed by atoms with E-state index in [1.54, 1.807) is 11.3 Å². The lowest BCUT2D eigenvalue weighted by Gasteiger charge is -2.23. The summed E-state index contributed by atoms with van der Waals surface area (Å²) in [5.41, 5.74) is 0.129. The zero-order valence-corrected chi connectivity index (χ0v) is 11.4.